The highest BCUT2D eigenvalue weighted by atomic mass is 32.2. The van der Waals surface area contributed by atoms with Crippen LogP contribution in [0.2, 0.25) is 0 Å². The van der Waals surface area contributed by atoms with Crippen LogP contribution in [-0.2, 0) is 24.2 Å². The van der Waals surface area contributed by atoms with Gasteiger partial charge < -0.3 is 15.0 Å². The van der Waals surface area contributed by atoms with Gasteiger partial charge in [0.1, 0.15) is 0 Å². The quantitative estimate of drug-likeness (QED) is 0.448. The zero-order valence-corrected chi connectivity index (χ0v) is 20.3. The van der Waals surface area contributed by atoms with Gasteiger partial charge in [-0.05, 0) is 48.9 Å². The van der Waals surface area contributed by atoms with Crippen molar-refractivity contribution < 1.29 is 37.1 Å². The first-order valence-electron chi connectivity index (χ1n) is 11.0. The van der Waals surface area contributed by atoms with Crippen LogP contribution in [-0.4, -0.2) is 74.1 Å². The number of imide groups is 1. The first-order valence-corrected chi connectivity index (χ1v) is 12.8. The molecular formula is C24H23N3O8S. The Morgan fingerprint density at radius 1 is 1.06 bits per heavy atom. The molecule has 4 amide bonds. The molecule has 0 spiro atoms. The maximum Gasteiger partial charge on any atom is 0.338 e. The maximum absolute atomic E-state index is 13.0. The Morgan fingerprint density at radius 3 is 2.33 bits per heavy atom. The lowest BCUT2D eigenvalue weighted by Crippen LogP contribution is -2.40. The van der Waals surface area contributed by atoms with Crippen LogP contribution in [0.25, 0.3) is 0 Å². The second-order valence-corrected chi connectivity index (χ2v) is 10.8. The summed E-state index contributed by atoms with van der Waals surface area (Å²) in [6.45, 7) is 0.764. The van der Waals surface area contributed by atoms with Crippen LogP contribution >= 0.6 is 0 Å². The Morgan fingerprint density at radius 2 is 1.72 bits per heavy atom. The van der Waals surface area contributed by atoms with Gasteiger partial charge in [0, 0.05) is 25.7 Å². The van der Waals surface area contributed by atoms with Crippen LogP contribution in [0.15, 0.2) is 42.5 Å². The van der Waals surface area contributed by atoms with Crippen molar-refractivity contribution in [3.8, 4) is 0 Å². The Labute approximate surface area is 206 Å². The largest absolute Gasteiger partial charge is 0.452 e. The van der Waals surface area contributed by atoms with E-state index in [9.17, 15) is 32.4 Å². The maximum atomic E-state index is 13.0. The van der Waals surface area contributed by atoms with Gasteiger partial charge in [-0.15, -0.1) is 0 Å². The van der Waals surface area contributed by atoms with Crippen molar-refractivity contribution in [3.63, 3.8) is 0 Å². The Bertz CT molecular complexity index is 1380. The number of benzene rings is 2. The van der Waals surface area contributed by atoms with E-state index >= 15 is 0 Å². The molecule has 12 heteroatoms. The molecule has 1 unspecified atom stereocenters. The summed E-state index contributed by atoms with van der Waals surface area (Å²) in [5.74, 6) is -2.99. The van der Waals surface area contributed by atoms with Crippen molar-refractivity contribution in [2.24, 2.45) is 0 Å². The summed E-state index contributed by atoms with van der Waals surface area (Å²) < 4.78 is 28.3. The molecule has 0 saturated carbocycles. The van der Waals surface area contributed by atoms with E-state index in [-0.39, 0.29) is 34.1 Å². The lowest BCUT2D eigenvalue weighted by molar-refractivity contribution is -0.134. The number of carbonyl (C=O) groups excluding carboxylic acids is 5. The first-order chi connectivity index (χ1) is 17.0. The number of hydrogen-bond acceptors (Lipinski definition) is 8. The van der Waals surface area contributed by atoms with Crippen LogP contribution in [0.1, 0.15) is 44.4 Å². The van der Waals surface area contributed by atoms with E-state index in [4.69, 9.17) is 4.74 Å². The van der Waals surface area contributed by atoms with Crippen molar-refractivity contribution in [2.75, 3.05) is 35.4 Å². The number of rotatable bonds is 6. The Kier molecular flexibility index (Phi) is 6.63. The molecule has 4 rings (SSSR count). The summed E-state index contributed by atoms with van der Waals surface area (Å²) >= 11 is 0. The summed E-state index contributed by atoms with van der Waals surface area (Å²) in [5.41, 5.74) is 0.905. The number of ether oxygens (including phenoxy) is 1. The fourth-order valence-corrected chi connectivity index (χ4v) is 5.87. The SMILES string of the molecule is CC(=O)Nc1ccc(N2C(=O)c3ccc(C(=O)OCC(=O)N(C)C4CCS(=O)(=O)C4)cc3C2=O)cc1. The van der Waals surface area contributed by atoms with Crippen molar-refractivity contribution in [3.05, 3.63) is 59.2 Å². The number of carbonyl (C=O) groups is 5. The monoisotopic (exact) mass is 513 g/mol. The molecule has 1 saturated heterocycles. The summed E-state index contributed by atoms with van der Waals surface area (Å²) in [4.78, 5) is 64.1. The van der Waals surface area contributed by atoms with E-state index in [2.05, 4.69) is 5.32 Å². The standard InChI is InChI=1S/C24H23N3O8S/c1-14(28)25-16-4-6-17(7-5-16)27-22(30)19-8-3-15(11-20(19)23(27)31)24(32)35-12-21(29)26(2)18-9-10-36(33,34)13-18/h3-8,11,18H,9-10,12-13H2,1-2H3,(H,25,28). The molecule has 2 aromatic carbocycles. The molecule has 11 nitrogen and oxygen atoms in total. The van der Waals surface area contributed by atoms with Gasteiger partial charge in [0.25, 0.3) is 17.7 Å². The molecule has 188 valence electrons. The topological polar surface area (TPSA) is 147 Å². The lowest BCUT2D eigenvalue weighted by Gasteiger charge is -2.23. The van der Waals surface area contributed by atoms with Crippen LogP contribution < -0.4 is 10.2 Å². The molecular weight excluding hydrogens is 490 g/mol. The van der Waals surface area contributed by atoms with Crippen molar-refractivity contribution in [1.82, 2.24) is 4.90 Å². The predicted molar refractivity (Wildman–Crippen MR) is 128 cm³/mol. The van der Waals surface area contributed by atoms with Gasteiger partial charge in [-0.1, -0.05) is 0 Å². The highest BCUT2D eigenvalue weighted by molar-refractivity contribution is 7.91. The molecule has 2 heterocycles. The van der Waals surface area contributed by atoms with Gasteiger partial charge in [0.05, 0.1) is 33.9 Å². The summed E-state index contributed by atoms with van der Waals surface area (Å²) in [6.07, 6.45) is 0.325. The summed E-state index contributed by atoms with van der Waals surface area (Å²) in [6, 6.07) is 9.57. The molecule has 2 aliphatic rings. The predicted octanol–water partition coefficient (Wildman–Crippen LogP) is 1.25. The second-order valence-electron chi connectivity index (χ2n) is 8.57. The number of likely N-dealkylation sites (N-methyl/N-ethyl adjacent to an activating group) is 1. The molecule has 2 aliphatic heterocycles. The number of nitrogens with one attached hydrogen (secondary N) is 1. The number of fused-ring (bicyclic) bond motifs is 1. The third-order valence-corrected chi connectivity index (χ3v) is 7.79. The number of anilines is 2. The minimum atomic E-state index is -3.18. The summed E-state index contributed by atoms with van der Waals surface area (Å²) in [7, 11) is -1.72. The second kappa shape index (κ2) is 9.53. The van der Waals surface area contributed by atoms with Crippen molar-refractivity contribution in [2.45, 2.75) is 19.4 Å². The van der Waals surface area contributed by atoms with Gasteiger partial charge >= 0.3 is 5.97 Å². The van der Waals surface area contributed by atoms with Gasteiger partial charge in [-0.25, -0.2) is 18.1 Å². The van der Waals surface area contributed by atoms with Crippen molar-refractivity contribution in [1.29, 1.82) is 0 Å². The molecule has 0 bridgehead atoms. The van der Waals surface area contributed by atoms with E-state index in [1.165, 1.54) is 49.2 Å². The Hall–Kier alpha value is -4.06. The van der Waals surface area contributed by atoms with E-state index < -0.39 is 46.2 Å². The smallest absolute Gasteiger partial charge is 0.338 e. The highest BCUT2D eigenvalue weighted by Gasteiger charge is 2.37. The minimum absolute atomic E-state index is 0.00736. The average molecular weight is 514 g/mol. The van der Waals surface area contributed by atoms with Gasteiger partial charge in [-0.2, -0.15) is 0 Å². The zero-order chi connectivity index (χ0) is 26.2. The van der Waals surface area contributed by atoms with Gasteiger partial charge in [0.15, 0.2) is 16.4 Å². The number of nitrogens with zero attached hydrogens (tertiary/aromatic N) is 2. The van der Waals surface area contributed by atoms with E-state index in [0.717, 1.165) is 4.90 Å². The molecule has 1 N–H and O–H groups in total. The van der Waals surface area contributed by atoms with Crippen molar-refractivity contribution >= 4 is 50.8 Å². The fraction of sp³-hybridized carbons (Fsp3) is 0.292. The number of sulfone groups is 1. The summed E-state index contributed by atoms with van der Waals surface area (Å²) in [5, 5.41) is 2.60. The number of hydrogen-bond donors (Lipinski definition) is 1. The van der Waals surface area contributed by atoms with Crippen LogP contribution in [0.4, 0.5) is 11.4 Å². The van der Waals surface area contributed by atoms with E-state index in [1.807, 2.05) is 0 Å². The molecule has 1 fully saturated rings. The van der Waals surface area contributed by atoms with Crippen LogP contribution in [0.5, 0.6) is 0 Å². The zero-order valence-electron chi connectivity index (χ0n) is 19.5. The van der Waals surface area contributed by atoms with Gasteiger partial charge in [-0.3, -0.25) is 19.2 Å². The number of amides is 4. The Balaban J connectivity index is 1.43. The van der Waals surface area contributed by atoms with Gasteiger partial charge in [0.2, 0.25) is 5.91 Å². The van der Waals surface area contributed by atoms with E-state index in [1.54, 1.807) is 12.1 Å². The fourth-order valence-electron chi connectivity index (χ4n) is 4.10. The normalized spacial score (nSPS) is 18.1. The third-order valence-electron chi connectivity index (χ3n) is 6.04. The molecule has 2 aromatic rings. The average Bonchev–Trinajstić information content (AvgIpc) is 3.32. The lowest BCUT2D eigenvalue weighted by atomic mass is 10.1. The highest BCUT2D eigenvalue weighted by Crippen LogP contribution is 2.30. The van der Waals surface area contributed by atoms with E-state index in [0.29, 0.717) is 17.8 Å². The minimum Gasteiger partial charge on any atom is -0.452 e. The van der Waals surface area contributed by atoms with Crippen LogP contribution in [0, 0.1) is 0 Å². The molecule has 36 heavy (non-hydrogen) atoms. The third kappa shape index (κ3) is 4.98. The molecule has 0 radical (unpaired) electrons. The molecule has 1 atom stereocenters. The molecule has 0 aromatic heterocycles. The number of esters is 1. The van der Waals surface area contributed by atoms with Crippen LogP contribution in [0.3, 0.4) is 0 Å². The molecule has 0 aliphatic carbocycles. The first kappa shape index (κ1) is 25.0.